The Morgan fingerprint density at radius 2 is 2.04 bits per heavy atom. The van der Waals surface area contributed by atoms with E-state index in [1.807, 2.05) is 0 Å². The van der Waals surface area contributed by atoms with Crippen LogP contribution in [0.5, 0.6) is 0 Å². The molecule has 24 heavy (non-hydrogen) atoms. The van der Waals surface area contributed by atoms with Crippen LogP contribution in [-0.4, -0.2) is 42.1 Å². The zero-order valence-electron chi connectivity index (χ0n) is 12.7. The van der Waals surface area contributed by atoms with Gasteiger partial charge in [0, 0.05) is 25.2 Å². The molecule has 1 unspecified atom stereocenters. The van der Waals surface area contributed by atoms with Crippen LogP contribution in [0.25, 0.3) is 0 Å². The second-order valence-corrected chi connectivity index (χ2v) is 6.14. The Morgan fingerprint density at radius 1 is 1.29 bits per heavy atom. The molecule has 0 saturated carbocycles. The molecule has 1 aliphatic heterocycles. The van der Waals surface area contributed by atoms with Gasteiger partial charge in [-0.1, -0.05) is 23.2 Å². The summed E-state index contributed by atoms with van der Waals surface area (Å²) in [5.74, 6) is -1.14. The molecule has 3 amide bonds. The van der Waals surface area contributed by atoms with E-state index in [1.54, 1.807) is 18.2 Å². The molecule has 1 fully saturated rings. The molecule has 1 aromatic rings. The van der Waals surface area contributed by atoms with Gasteiger partial charge in [0.15, 0.2) is 0 Å². The van der Waals surface area contributed by atoms with Gasteiger partial charge < -0.3 is 20.6 Å². The van der Waals surface area contributed by atoms with Crippen LogP contribution in [0.2, 0.25) is 10.0 Å². The number of aliphatic carboxylic acids is 1. The van der Waals surface area contributed by atoms with Crippen molar-refractivity contribution in [2.24, 2.45) is 0 Å². The summed E-state index contributed by atoms with van der Waals surface area (Å²) >= 11 is 11.8. The molecule has 1 heterocycles. The molecule has 0 aromatic heterocycles. The quantitative estimate of drug-likeness (QED) is 0.666. The third-order valence-electron chi connectivity index (χ3n) is 3.58. The first-order chi connectivity index (χ1) is 11.4. The summed E-state index contributed by atoms with van der Waals surface area (Å²) < 4.78 is 0. The highest BCUT2D eigenvalue weighted by Gasteiger charge is 2.33. The molecule has 0 aliphatic carbocycles. The molecular weight excluding hydrogens is 357 g/mol. The van der Waals surface area contributed by atoms with Gasteiger partial charge in [0.2, 0.25) is 5.91 Å². The summed E-state index contributed by atoms with van der Waals surface area (Å²) in [6.45, 7) is 0.691. The normalized spacial score (nSPS) is 17.0. The first kappa shape index (κ1) is 18.4. The number of amides is 3. The highest BCUT2D eigenvalue weighted by Crippen LogP contribution is 2.29. The van der Waals surface area contributed by atoms with Crippen LogP contribution in [0.1, 0.15) is 19.3 Å². The first-order valence-electron chi connectivity index (χ1n) is 7.41. The van der Waals surface area contributed by atoms with Gasteiger partial charge in [-0.25, -0.2) is 4.79 Å². The zero-order valence-corrected chi connectivity index (χ0v) is 14.2. The van der Waals surface area contributed by atoms with E-state index in [0.717, 1.165) is 0 Å². The maximum absolute atomic E-state index is 12.4. The van der Waals surface area contributed by atoms with E-state index in [4.69, 9.17) is 28.3 Å². The third-order valence-corrected chi connectivity index (χ3v) is 4.32. The number of anilines is 1. The maximum atomic E-state index is 12.4. The Labute approximate surface area is 148 Å². The molecule has 9 heteroatoms. The molecule has 0 radical (unpaired) electrons. The largest absolute Gasteiger partial charge is 0.481 e. The Kier molecular flexibility index (Phi) is 6.28. The number of urea groups is 1. The Hall–Kier alpha value is -1.99. The standard InChI is InChI=1S/C15H17Cl2N3O4/c16-10-4-3-9(8-11(10)17)20-7-5-12(14(20)23)19-15(24)18-6-1-2-13(21)22/h3-4,8,12H,1-2,5-7H2,(H,21,22)(H2,18,19,24). The van der Waals surface area contributed by atoms with Crippen LogP contribution < -0.4 is 15.5 Å². The molecule has 1 aliphatic rings. The van der Waals surface area contributed by atoms with Crippen molar-refractivity contribution >= 4 is 46.8 Å². The highest BCUT2D eigenvalue weighted by molar-refractivity contribution is 6.42. The average molecular weight is 374 g/mol. The Morgan fingerprint density at radius 3 is 2.71 bits per heavy atom. The number of carbonyl (C=O) groups excluding carboxylic acids is 2. The van der Waals surface area contributed by atoms with Crippen molar-refractivity contribution in [3.8, 4) is 0 Å². The fourth-order valence-electron chi connectivity index (χ4n) is 2.37. The van der Waals surface area contributed by atoms with E-state index in [1.165, 1.54) is 4.90 Å². The van der Waals surface area contributed by atoms with E-state index in [9.17, 15) is 14.4 Å². The van der Waals surface area contributed by atoms with Crippen molar-refractivity contribution in [2.75, 3.05) is 18.0 Å². The van der Waals surface area contributed by atoms with Crippen LogP contribution >= 0.6 is 23.2 Å². The number of halogens is 2. The summed E-state index contributed by atoms with van der Waals surface area (Å²) in [4.78, 5) is 36.1. The van der Waals surface area contributed by atoms with Gasteiger partial charge in [-0.15, -0.1) is 0 Å². The van der Waals surface area contributed by atoms with Gasteiger partial charge >= 0.3 is 12.0 Å². The van der Waals surface area contributed by atoms with Gasteiger partial charge in [0.1, 0.15) is 6.04 Å². The van der Waals surface area contributed by atoms with Crippen molar-refractivity contribution in [3.05, 3.63) is 28.2 Å². The molecule has 2 rings (SSSR count). The number of carboxylic acid groups (broad SMARTS) is 1. The maximum Gasteiger partial charge on any atom is 0.315 e. The van der Waals surface area contributed by atoms with Crippen molar-refractivity contribution in [3.63, 3.8) is 0 Å². The molecule has 7 nitrogen and oxygen atoms in total. The Balaban J connectivity index is 1.86. The molecule has 1 saturated heterocycles. The predicted octanol–water partition coefficient (Wildman–Crippen LogP) is 2.26. The monoisotopic (exact) mass is 373 g/mol. The van der Waals surface area contributed by atoms with Crippen molar-refractivity contribution in [2.45, 2.75) is 25.3 Å². The lowest BCUT2D eigenvalue weighted by Crippen LogP contribution is -2.46. The van der Waals surface area contributed by atoms with Crippen molar-refractivity contribution < 1.29 is 19.5 Å². The van der Waals surface area contributed by atoms with Crippen LogP contribution in [0.3, 0.4) is 0 Å². The van der Waals surface area contributed by atoms with Gasteiger partial charge in [0.25, 0.3) is 0 Å². The number of benzene rings is 1. The van der Waals surface area contributed by atoms with E-state index in [0.29, 0.717) is 35.1 Å². The molecule has 3 N–H and O–H groups in total. The lowest BCUT2D eigenvalue weighted by atomic mass is 10.2. The molecule has 130 valence electrons. The number of nitrogens with one attached hydrogen (secondary N) is 2. The first-order valence-corrected chi connectivity index (χ1v) is 8.16. The molecule has 1 atom stereocenters. The zero-order chi connectivity index (χ0) is 17.7. The minimum absolute atomic E-state index is 0.0201. The minimum atomic E-state index is -0.916. The van der Waals surface area contributed by atoms with Gasteiger partial charge in [0.05, 0.1) is 10.0 Å². The number of hydrogen-bond acceptors (Lipinski definition) is 3. The second-order valence-electron chi connectivity index (χ2n) is 5.33. The smallest absolute Gasteiger partial charge is 0.315 e. The topological polar surface area (TPSA) is 98.7 Å². The lowest BCUT2D eigenvalue weighted by Gasteiger charge is -2.18. The van der Waals surface area contributed by atoms with E-state index in [-0.39, 0.29) is 18.9 Å². The lowest BCUT2D eigenvalue weighted by molar-refractivity contribution is -0.137. The number of carboxylic acids is 1. The van der Waals surface area contributed by atoms with Crippen LogP contribution in [0.4, 0.5) is 10.5 Å². The Bertz CT molecular complexity index is 654. The summed E-state index contributed by atoms with van der Waals surface area (Å²) in [6.07, 6.45) is 0.784. The van der Waals surface area contributed by atoms with E-state index < -0.39 is 18.0 Å². The molecule has 0 bridgehead atoms. The SMILES string of the molecule is O=C(O)CCCNC(=O)NC1CCN(c2ccc(Cl)c(Cl)c2)C1=O. The molecular formula is C15H17Cl2N3O4. The van der Waals surface area contributed by atoms with E-state index >= 15 is 0 Å². The van der Waals surface area contributed by atoms with Gasteiger partial charge in [-0.05, 0) is 31.0 Å². The number of hydrogen-bond donors (Lipinski definition) is 3. The summed E-state index contributed by atoms with van der Waals surface area (Å²) in [7, 11) is 0. The summed E-state index contributed by atoms with van der Waals surface area (Å²) in [5, 5.41) is 14.4. The minimum Gasteiger partial charge on any atom is -0.481 e. The van der Waals surface area contributed by atoms with Crippen molar-refractivity contribution in [1.29, 1.82) is 0 Å². The summed E-state index contributed by atoms with van der Waals surface area (Å²) in [6, 6.07) is 3.80. The number of rotatable bonds is 6. The predicted molar refractivity (Wildman–Crippen MR) is 90.6 cm³/mol. The van der Waals surface area contributed by atoms with Crippen LogP contribution in [0.15, 0.2) is 18.2 Å². The summed E-state index contributed by atoms with van der Waals surface area (Å²) in [5.41, 5.74) is 0.626. The fraction of sp³-hybridized carbons (Fsp3) is 0.400. The van der Waals surface area contributed by atoms with Crippen molar-refractivity contribution in [1.82, 2.24) is 10.6 Å². The molecule has 1 aromatic carbocycles. The van der Waals surface area contributed by atoms with Gasteiger partial charge in [-0.2, -0.15) is 0 Å². The highest BCUT2D eigenvalue weighted by atomic mass is 35.5. The van der Waals surface area contributed by atoms with Crippen LogP contribution in [-0.2, 0) is 9.59 Å². The number of nitrogens with zero attached hydrogens (tertiary/aromatic N) is 1. The third kappa shape index (κ3) is 4.75. The number of carbonyl (C=O) groups is 3. The second kappa shape index (κ2) is 8.21. The van der Waals surface area contributed by atoms with Crippen LogP contribution in [0, 0.1) is 0 Å². The van der Waals surface area contributed by atoms with Gasteiger partial charge in [-0.3, -0.25) is 9.59 Å². The fourth-order valence-corrected chi connectivity index (χ4v) is 2.67. The molecule has 0 spiro atoms. The average Bonchev–Trinajstić information content (AvgIpc) is 2.87. The van der Waals surface area contributed by atoms with E-state index in [2.05, 4.69) is 10.6 Å².